The van der Waals surface area contributed by atoms with Gasteiger partial charge in [0, 0.05) is 34.6 Å². The molecule has 1 N–H and O–H groups in total. The van der Waals surface area contributed by atoms with Crippen molar-refractivity contribution in [1.82, 2.24) is 5.32 Å². The standard InChI is InChI=1S/C14H17NOS/c1-14(5-6-15-9-14)10-2-3-13-11(8-10)12(16)4-7-17-13/h2-3,8,15H,4-7,9H2,1H3. The van der Waals surface area contributed by atoms with Crippen LogP contribution in [0.15, 0.2) is 23.1 Å². The minimum absolute atomic E-state index is 0.206. The van der Waals surface area contributed by atoms with Gasteiger partial charge in [0.05, 0.1) is 0 Å². The van der Waals surface area contributed by atoms with Gasteiger partial charge in [-0.25, -0.2) is 0 Å². The molecule has 0 aromatic heterocycles. The Balaban J connectivity index is 2.02. The summed E-state index contributed by atoms with van der Waals surface area (Å²) in [5.74, 6) is 1.25. The van der Waals surface area contributed by atoms with Crippen LogP contribution in [0, 0.1) is 0 Å². The maximum absolute atomic E-state index is 11.9. The average Bonchev–Trinajstić information content (AvgIpc) is 2.78. The normalized spacial score (nSPS) is 28.2. The number of Topliss-reactive ketones (excluding diaryl/α,β-unsaturated/α-hetero) is 1. The zero-order chi connectivity index (χ0) is 11.9. The summed E-state index contributed by atoms with van der Waals surface area (Å²) < 4.78 is 0. The predicted octanol–water partition coefficient (Wildman–Crippen LogP) is 2.62. The van der Waals surface area contributed by atoms with Crippen LogP contribution in [0.1, 0.15) is 35.7 Å². The molecular weight excluding hydrogens is 230 g/mol. The van der Waals surface area contributed by atoms with Gasteiger partial charge in [-0.2, -0.15) is 0 Å². The summed E-state index contributed by atoms with van der Waals surface area (Å²) in [6.07, 6.45) is 1.85. The molecule has 2 nitrogen and oxygen atoms in total. The second-order valence-corrected chi connectivity index (χ2v) is 6.36. The highest BCUT2D eigenvalue weighted by Gasteiger charge is 2.31. The van der Waals surface area contributed by atoms with Crippen molar-refractivity contribution in [1.29, 1.82) is 0 Å². The predicted molar refractivity (Wildman–Crippen MR) is 71.0 cm³/mol. The van der Waals surface area contributed by atoms with Crippen LogP contribution in [0.25, 0.3) is 0 Å². The van der Waals surface area contributed by atoms with Gasteiger partial charge >= 0.3 is 0 Å². The lowest BCUT2D eigenvalue weighted by Crippen LogP contribution is -2.25. The third-order valence-electron chi connectivity index (χ3n) is 3.93. The molecule has 0 spiro atoms. The quantitative estimate of drug-likeness (QED) is 0.827. The largest absolute Gasteiger partial charge is 0.316 e. The van der Waals surface area contributed by atoms with Crippen LogP contribution in [0.2, 0.25) is 0 Å². The van der Waals surface area contributed by atoms with E-state index < -0.39 is 0 Å². The van der Waals surface area contributed by atoms with Crippen LogP contribution in [-0.2, 0) is 5.41 Å². The van der Waals surface area contributed by atoms with Gasteiger partial charge in [-0.15, -0.1) is 11.8 Å². The second kappa shape index (κ2) is 4.14. The third-order valence-corrected chi connectivity index (χ3v) is 5.01. The first-order chi connectivity index (χ1) is 8.19. The molecule has 90 valence electrons. The van der Waals surface area contributed by atoms with Gasteiger partial charge in [0.2, 0.25) is 0 Å². The number of rotatable bonds is 1. The van der Waals surface area contributed by atoms with Gasteiger partial charge in [-0.3, -0.25) is 4.79 Å². The van der Waals surface area contributed by atoms with Gasteiger partial charge in [-0.05, 0) is 30.7 Å². The summed E-state index contributed by atoms with van der Waals surface area (Å²) in [7, 11) is 0. The SMILES string of the molecule is CC1(c2ccc3c(c2)C(=O)CCS3)CCNC1. The summed E-state index contributed by atoms with van der Waals surface area (Å²) in [6.45, 7) is 4.39. The zero-order valence-corrected chi connectivity index (χ0v) is 10.9. The minimum atomic E-state index is 0.206. The Labute approximate surface area is 106 Å². The number of nitrogens with one attached hydrogen (secondary N) is 1. The fourth-order valence-electron chi connectivity index (χ4n) is 2.70. The van der Waals surface area contributed by atoms with Gasteiger partial charge in [0.1, 0.15) is 0 Å². The van der Waals surface area contributed by atoms with Crippen LogP contribution < -0.4 is 5.32 Å². The molecule has 3 heteroatoms. The van der Waals surface area contributed by atoms with Crippen molar-refractivity contribution in [2.75, 3.05) is 18.8 Å². The molecule has 0 radical (unpaired) electrons. The number of ketones is 1. The van der Waals surface area contributed by atoms with Crippen molar-refractivity contribution >= 4 is 17.5 Å². The van der Waals surface area contributed by atoms with Crippen molar-refractivity contribution in [3.63, 3.8) is 0 Å². The van der Waals surface area contributed by atoms with E-state index in [9.17, 15) is 4.79 Å². The van der Waals surface area contributed by atoms with E-state index >= 15 is 0 Å². The van der Waals surface area contributed by atoms with E-state index in [1.54, 1.807) is 11.8 Å². The molecule has 0 aliphatic carbocycles. The number of thioether (sulfide) groups is 1. The third kappa shape index (κ3) is 1.91. The first-order valence-corrected chi connectivity index (χ1v) is 7.19. The van der Waals surface area contributed by atoms with Crippen molar-refractivity contribution in [2.45, 2.75) is 30.1 Å². The molecule has 0 saturated carbocycles. The smallest absolute Gasteiger partial charge is 0.164 e. The highest BCUT2D eigenvalue weighted by molar-refractivity contribution is 7.99. The fourth-order valence-corrected chi connectivity index (χ4v) is 3.70. The number of hydrogen-bond donors (Lipinski definition) is 1. The Morgan fingerprint density at radius 2 is 2.29 bits per heavy atom. The molecule has 0 bridgehead atoms. The van der Waals surface area contributed by atoms with Crippen molar-refractivity contribution < 1.29 is 4.79 Å². The highest BCUT2D eigenvalue weighted by atomic mass is 32.2. The molecule has 0 amide bonds. The molecule has 1 aromatic rings. The number of fused-ring (bicyclic) bond motifs is 1. The van der Waals surface area contributed by atoms with E-state index in [-0.39, 0.29) is 5.41 Å². The van der Waals surface area contributed by atoms with Crippen LogP contribution in [0.3, 0.4) is 0 Å². The lowest BCUT2D eigenvalue weighted by Gasteiger charge is -2.25. The van der Waals surface area contributed by atoms with Gasteiger partial charge in [0.15, 0.2) is 5.78 Å². The molecule has 1 atom stereocenters. The molecule has 1 fully saturated rings. The minimum Gasteiger partial charge on any atom is -0.316 e. The zero-order valence-electron chi connectivity index (χ0n) is 10.1. The van der Waals surface area contributed by atoms with Crippen molar-refractivity contribution in [2.24, 2.45) is 0 Å². The molecular formula is C14H17NOS. The maximum atomic E-state index is 11.9. The Bertz CT molecular complexity index is 463. The monoisotopic (exact) mass is 247 g/mol. The number of benzene rings is 1. The Morgan fingerprint density at radius 3 is 3.06 bits per heavy atom. The maximum Gasteiger partial charge on any atom is 0.164 e. The molecule has 2 heterocycles. The second-order valence-electron chi connectivity index (χ2n) is 5.22. The van der Waals surface area contributed by atoms with Gasteiger partial charge < -0.3 is 5.32 Å². The first kappa shape index (κ1) is 11.3. The topological polar surface area (TPSA) is 29.1 Å². The summed E-state index contributed by atoms with van der Waals surface area (Å²) in [5.41, 5.74) is 2.47. The lowest BCUT2D eigenvalue weighted by atomic mass is 9.81. The summed E-state index contributed by atoms with van der Waals surface area (Å²) >= 11 is 1.81. The summed E-state index contributed by atoms with van der Waals surface area (Å²) in [4.78, 5) is 13.1. The van der Waals surface area contributed by atoms with Crippen LogP contribution >= 0.6 is 11.8 Å². The van der Waals surface area contributed by atoms with E-state index in [2.05, 4.69) is 30.4 Å². The van der Waals surface area contributed by atoms with Crippen molar-refractivity contribution in [3.8, 4) is 0 Å². The molecule has 2 aliphatic rings. The van der Waals surface area contributed by atoms with Crippen molar-refractivity contribution in [3.05, 3.63) is 29.3 Å². The lowest BCUT2D eigenvalue weighted by molar-refractivity contribution is 0.0984. The summed E-state index contributed by atoms with van der Waals surface area (Å²) in [6, 6.07) is 6.48. The van der Waals surface area contributed by atoms with Gasteiger partial charge in [0.25, 0.3) is 0 Å². The van der Waals surface area contributed by atoms with E-state index in [4.69, 9.17) is 0 Å². The summed E-state index contributed by atoms with van der Waals surface area (Å²) in [5, 5.41) is 3.41. The first-order valence-electron chi connectivity index (χ1n) is 6.20. The molecule has 3 rings (SSSR count). The Hall–Kier alpha value is -0.800. The Kier molecular flexibility index (Phi) is 2.75. The van der Waals surface area contributed by atoms with Crippen LogP contribution in [-0.4, -0.2) is 24.6 Å². The van der Waals surface area contributed by atoms with Crippen LogP contribution in [0.4, 0.5) is 0 Å². The fraction of sp³-hybridized carbons (Fsp3) is 0.500. The van der Waals surface area contributed by atoms with E-state index in [0.29, 0.717) is 12.2 Å². The Morgan fingerprint density at radius 1 is 1.41 bits per heavy atom. The van der Waals surface area contributed by atoms with Gasteiger partial charge in [-0.1, -0.05) is 13.0 Å². The van der Waals surface area contributed by atoms with E-state index in [1.165, 1.54) is 10.5 Å². The van der Waals surface area contributed by atoms with Crippen LogP contribution in [0.5, 0.6) is 0 Å². The molecule has 2 aliphatic heterocycles. The number of carbonyl (C=O) groups excluding carboxylic acids is 1. The molecule has 1 unspecified atom stereocenters. The van der Waals surface area contributed by atoms with E-state index in [1.807, 2.05) is 0 Å². The highest BCUT2D eigenvalue weighted by Crippen LogP contribution is 2.36. The number of carbonyl (C=O) groups is 1. The molecule has 17 heavy (non-hydrogen) atoms. The molecule has 1 aromatic carbocycles. The molecule has 1 saturated heterocycles. The number of hydrogen-bond acceptors (Lipinski definition) is 3. The average molecular weight is 247 g/mol. The van der Waals surface area contributed by atoms with E-state index in [0.717, 1.165) is 30.8 Å².